The smallest absolute Gasteiger partial charge is 0.231 e. The van der Waals surface area contributed by atoms with E-state index in [9.17, 15) is 0 Å². The SMILES string of the molecule is Cc1cccc2nc(-c3ccco3)c(CNc3ccc4c(c3)OCO4)n12. The van der Waals surface area contributed by atoms with Gasteiger partial charge in [-0.25, -0.2) is 4.98 Å². The molecule has 4 aromatic rings. The summed E-state index contributed by atoms with van der Waals surface area (Å²) in [4.78, 5) is 4.77. The van der Waals surface area contributed by atoms with Gasteiger partial charge in [0.25, 0.3) is 0 Å². The van der Waals surface area contributed by atoms with Crippen molar-refractivity contribution in [1.29, 1.82) is 0 Å². The van der Waals surface area contributed by atoms with Crippen LogP contribution in [0, 0.1) is 6.92 Å². The van der Waals surface area contributed by atoms with Gasteiger partial charge in [0.1, 0.15) is 11.3 Å². The summed E-state index contributed by atoms with van der Waals surface area (Å²) in [6.07, 6.45) is 1.67. The number of ether oxygens (including phenoxy) is 2. The van der Waals surface area contributed by atoms with Crippen LogP contribution < -0.4 is 14.8 Å². The topological polar surface area (TPSA) is 60.9 Å². The van der Waals surface area contributed by atoms with Gasteiger partial charge in [0, 0.05) is 17.4 Å². The Bertz CT molecular complexity index is 1080. The lowest BCUT2D eigenvalue weighted by Gasteiger charge is -2.10. The Kier molecular flexibility index (Phi) is 3.35. The van der Waals surface area contributed by atoms with Crippen molar-refractivity contribution < 1.29 is 13.9 Å². The molecule has 1 aromatic carbocycles. The standard InChI is InChI=1S/C20H17N3O3/c1-13-4-2-6-19-22-20(17-5-3-9-24-17)15(23(13)19)11-21-14-7-8-16-18(10-14)26-12-25-16/h2-10,21H,11-12H2,1H3. The number of furan rings is 1. The van der Waals surface area contributed by atoms with Gasteiger partial charge < -0.3 is 19.2 Å². The molecule has 0 radical (unpaired) electrons. The second kappa shape index (κ2) is 5.84. The Balaban J connectivity index is 1.54. The zero-order chi connectivity index (χ0) is 17.5. The van der Waals surface area contributed by atoms with Crippen molar-refractivity contribution in [2.75, 3.05) is 12.1 Å². The number of anilines is 1. The van der Waals surface area contributed by atoms with E-state index in [0.717, 1.165) is 45.7 Å². The summed E-state index contributed by atoms with van der Waals surface area (Å²) in [5.74, 6) is 2.30. The first-order chi connectivity index (χ1) is 12.8. The quantitative estimate of drug-likeness (QED) is 0.598. The van der Waals surface area contributed by atoms with Crippen LogP contribution in [0.4, 0.5) is 5.69 Å². The van der Waals surface area contributed by atoms with Crippen molar-refractivity contribution in [1.82, 2.24) is 9.38 Å². The van der Waals surface area contributed by atoms with Gasteiger partial charge in [0.15, 0.2) is 17.3 Å². The first-order valence-corrected chi connectivity index (χ1v) is 8.44. The number of fused-ring (bicyclic) bond motifs is 2. The lowest BCUT2D eigenvalue weighted by molar-refractivity contribution is 0.174. The average molecular weight is 347 g/mol. The van der Waals surface area contributed by atoms with E-state index in [4.69, 9.17) is 18.9 Å². The number of benzene rings is 1. The molecule has 130 valence electrons. The Labute approximate surface area is 150 Å². The number of hydrogen-bond acceptors (Lipinski definition) is 5. The first-order valence-electron chi connectivity index (χ1n) is 8.44. The minimum absolute atomic E-state index is 0.272. The van der Waals surface area contributed by atoms with Gasteiger partial charge in [-0.2, -0.15) is 0 Å². The molecule has 0 spiro atoms. The van der Waals surface area contributed by atoms with Crippen LogP contribution in [0.15, 0.2) is 59.2 Å². The second-order valence-corrected chi connectivity index (χ2v) is 6.17. The molecule has 6 nitrogen and oxygen atoms in total. The van der Waals surface area contributed by atoms with E-state index in [0.29, 0.717) is 6.54 Å². The minimum atomic E-state index is 0.272. The molecule has 0 amide bonds. The molecule has 1 aliphatic heterocycles. The zero-order valence-electron chi connectivity index (χ0n) is 14.2. The fourth-order valence-corrected chi connectivity index (χ4v) is 3.29. The normalized spacial score (nSPS) is 12.7. The lowest BCUT2D eigenvalue weighted by atomic mass is 10.2. The molecule has 4 heterocycles. The van der Waals surface area contributed by atoms with Crippen molar-refractivity contribution >= 4 is 11.3 Å². The van der Waals surface area contributed by atoms with Gasteiger partial charge in [-0.3, -0.25) is 4.40 Å². The summed E-state index contributed by atoms with van der Waals surface area (Å²) in [6, 6.07) is 15.7. The number of hydrogen-bond donors (Lipinski definition) is 1. The van der Waals surface area contributed by atoms with Gasteiger partial charge in [-0.1, -0.05) is 6.07 Å². The third-order valence-corrected chi connectivity index (χ3v) is 4.52. The molecule has 1 aliphatic rings. The molecular formula is C20H17N3O3. The van der Waals surface area contributed by atoms with Gasteiger partial charge in [-0.15, -0.1) is 0 Å². The van der Waals surface area contributed by atoms with Crippen LogP contribution in [0.5, 0.6) is 11.5 Å². The van der Waals surface area contributed by atoms with E-state index in [1.165, 1.54) is 0 Å². The number of pyridine rings is 1. The number of imidazole rings is 1. The number of nitrogens with zero attached hydrogens (tertiary/aromatic N) is 2. The van der Waals surface area contributed by atoms with Gasteiger partial charge in [0.2, 0.25) is 6.79 Å². The Hall–Kier alpha value is -3.41. The molecule has 6 heteroatoms. The summed E-state index contributed by atoms with van der Waals surface area (Å²) in [5, 5.41) is 3.46. The Morgan fingerprint density at radius 1 is 1.08 bits per heavy atom. The maximum absolute atomic E-state index is 5.60. The maximum Gasteiger partial charge on any atom is 0.231 e. The van der Waals surface area contributed by atoms with Crippen LogP contribution in [-0.2, 0) is 6.54 Å². The third-order valence-electron chi connectivity index (χ3n) is 4.52. The predicted octanol–water partition coefficient (Wildman–Crippen LogP) is 4.24. The van der Waals surface area contributed by atoms with Gasteiger partial charge in [-0.05, 0) is 43.3 Å². The Morgan fingerprint density at radius 2 is 2.00 bits per heavy atom. The number of aryl methyl sites for hydroxylation is 1. The zero-order valence-corrected chi connectivity index (χ0v) is 14.2. The molecule has 1 N–H and O–H groups in total. The van der Waals surface area contributed by atoms with Crippen molar-refractivity contribution in [3.8, 4) is 23.0 Å². The van der Waals surface area contributed by atoms with E-state index in [-0.39, 0.29) is 6.79 Å². The van der Waals surface area contributed by atoms with E-state index in [1.807, 2.05) is 42.5 Å². The Morgan fingerprint density at radius 3 is 2.88 bits per heavy atom. The minimum Gasteiger partial charge on any atom is -0.463 e. The highest BCUT2D eigenvalue weighted by molar-refractivity contribution is 5.64. The molecule has 0 aliphatic carbocycles. The van der Waals surface area contributed by atoms with E-state index in [2.05, 4.69) is 22.7 Å². The molecule has 0 saturated carbocycles. The maximum atomic E-state index is 5.60. The highest BCUT2D eigenvalue weighted by Crippen LogP contribution is 2.34. The molecule has 0 fully saturated rings. The van der Waals surface area contributed by atoms with Gasteiger partial charge in [0.05, 0.1) is 18.5 Å². The summed E-state index contributed by atoms with van der Waals surface area (Å²) >= 11 is 0. The number of nitrogens with one attached hydrogen (secondary N) is 1. The average Bonchev–Trinajstić information content (AvgIpc) is 3.38. The summed E-state index contributed by atoms with van der Waals surface area (Å²) in [5.41, 5.74) is 4.88. The molecule has 0 atom stereocenters. The van der Waals surface area contributed by atoms with E-state index >= 15 is 0 Å². The molecular weight excluding hydrogens is 330 g/mol. The summed E-state index contributed by atoms with van der Waals surface area (Å²) in [7, 11) is 0. The fourth-order valence-electron chi connectivity index (χ4n) is 3.29. The van der Waals surface area contributed by atoms with E-state index in [1.54, 1.807) is 6.26 Å². The first kappa shape index (κ1) is 14.9. The van der Waals surface area contributed by atoms with Crippen LogP contribution >= 0.6 is 0 Å². The molecule has 0 saturated heterocycles. The molecule has 26 heavy (non-hydrogen) atoms. The number of aromatic nitrogens is 2. The second-order valence-electron chi connectivity index (χ2n) is 6.17. The fraction of sp³-hybridized carbons (Fsp3) is 0.150. The monoisotopic (exact) mass is 347 g/mol. The van der Waals surface area contributed by atoms with Crippen LogP contribution in [-0.4, -0.2) is 16.2 Å². The largest absolute Gasteiger partial charge is 0.463 e. The molecule has 0 unspecified atom stereocenters. The van der Waals surface area contributed by atoms with Crippen LogP contribution in [0.3, 0.4) is 0 Å². The van der Waals surface area contributed by atoms with Crippen LogP contribution in [0.2, 0.25) is 0 Å². The molecule has 3 aromatic heterocycles. The van der Waals surface area contributed by atoms with Gasteiger partial charge >= 0.3 is 0 Å². The van der Waals surface area contributed by atoms with E-state index < -0.39 is 0 Å². The highest BCUT2D eigenvalue weighted by atomic mass is 16.7. The predicted molar refractivity (Wildman–Crippen MR) is 97.5 cm³/mol. The lowest BCUT2D eigenvalue weighted by Crippen LogP contribution is -2.05. The van der Waals surface area contributed by atoms with Crippen LogP contribution in [0.1, 0.15) is 11.4 Å². The van der Waals surface area contributed by atoms with Crippen LogP contribution in [0.25, 0.3) is 17.1 Å². The summed E-state index contributed by atoms with van der Waals surface area (Å²) < 4.78 is 18.6. The highest BCUT2D eigenvalue weighted by Gasteiger charge is 2.18. The molecule has 5 rings (SSSR count). The van der Waals surface area contributed by atoms with Crippen molar-refractivity contribution in [3.63, 3.8) is 0 Å². The van der Waals surface area contributed by atoms with Crippen molar-refractivity contribution in [2.24, 2.45) is 0 Å². The third kappa shape index (κ3) is 2.38. The number of rotatable bonds is 4. The molecule has 0 bridgehead atoms. The summed E-state index contributed by atoms with van der Waals surface area (Å²) in [6.45, 7) is 2.94. The van der Waals surface area contributed by atoms with Crippen molar-refractivity contribution in [2.45, 2.75) is 13.5 Å². The van der Waals surface area contributed by atoms with Crippen molar-refractivity contribution in [3.05, 3.63) is 66.2 Å².